The summed E-state index contributed by atoms with van der Waals surface area (Å²) in [5.41, 5.74) is 5.00. The molecule has 1 aliphatic heterocycles. The van der Waals surface area contributed by atoms with Crippen molar-refractivity contribution in [3.63, 3.8) is 0 Å². The van der Waals surface area contributed by atoms with Crippen molar-refractivity contribution in [3.05, 3.63) is 53.6 Å². The molecular weight excluding hydrogens is 248 g/mol. The van der Waals surface area contributed by atoms with E-state index in [9.17, 15) is 0 Å². The van der Waals surface area contributed by atoms with E-state index in [0.29, 0.717) is 5.92 Å². The lowest BCUT2D eigenvalue weighted by molar-refractivity contribution is 0.490. The molecule has 0 spiro atoms. The summed E-state index contributed by atoms with van der Waals surface area (Å²) < 4.78 is 4.49. The maximum absolute atomic E-state index is 4.56. The summed E-state index contributed by atoms with van der Waals surface area (Å²) >= 11 is 0. The second kappa shape index (κ2) is 4.20. The highest BCUT2D eigenvalue weighted by molar-refractivity contribution is 5.54. The average molecular weight is 266 g/mol. The Morgan fingerprint density at radius 1 is 1.25 bits per heavy atom. The molecule has 4 rings (SSSR count). The Hall–Kier alpha value is -2.10. The van der Waals surface area contributed by atoms with Gasteiger partial charge < -0.3 is 8.97 Å². The van der Waals surface area contributed by atoms with Gasteiger partial charge in [-0.1, -0.05) is 6.07 Å². The summed E-state index contributed by atoms with van der Waals surface area (Å²) in [7, 11) is 0. The van der Waals surface area contributed by atoms with Crippen LogP contribution in [0.1, 0.15) is 41.5 Å². The molecule has 0 amide bonds. The van der Waals surface area contributed by atoms with Crippen molar-refractivity contribution < 1.29 is 0 Å². The van der Waals surface area contributed by atoms with Gasteiger partial charge in [0.25, 0.3) is 0 Å². The van der Waals surface area contributed by atoms with Gasteiger partial charge >= 0.3 is 0 Å². The SMILES string of the molecule is Cc1nc(C)n2cc(C3CCCn4cncc43)ccc12. The van der Waals surface area contributed by atoms with Crippen molar-refractivity contribution in [3.8, 4) is 0 Å². The number of aromatic nitrogens is 4. The van der Waals surface area contributed by atoms with Crippen molar-refractivity contribution in [2.45, 2.75) is 39.2 Å². The maximum atomic E-state index is 4.56. The molecule has 0 N–H and O–H groups in total. The lowest BCUT2D eigenvalue weighted by Gasteiger charge is -2.24. The van der Waals surface area contributed by atoms with E-state index in [4.69, 9.17) is 0 Å². The van der Waals surface area contributed by atoms with Crippen LogP contribution in [0, 0.1) is 13.8 Å². The first kappa shape index (κ1) is 11.7. The third kappa shape index (κ3) is 1.60. The van der Waals surface area contributed by atoms with E-state index in [0.717, 1.165) is 18.1 Å². The predicted octanol–water partition coefficient (Wildman–Crippen LogP) is 3.07. The zero-order valence-corrected chi connectivity index (χ0v) is 11.9. The Labute approximate surface area is 118 Å². The van der Waals surface area contributed by atoms with E-state index in [2.05, 4.69) is 51.1 Å². The molecule has 4 heterocycles. The molecule has 4 heteroatoms. The minimum Gasteiger partial charge on any atom is -0.334 e. The van der Waals surface area contributed by atoms with Crippen LogP contribution >= 0.6 is 0 Å². The lowest BCUT2D eigenvalue weighted by Crippen LogP contribution is -2.15. The first-order valence-corrected chi connectivity index (χ1v) is 7.19. The van der Waals surface area contributed by atoms with Crippen LogP contribution < -0.4 is 0 Å². The second-order valence-electron chi connectivity index (χ2n) is 5.67. The highest BCUT2D eigenvalue weighted by Crippen LogP contribution is 2.33. The number of hydrogen-bond acceptors (Lipinski definition) is 2. The Kier molecular flexibility index (Phi) is 2.46. The van der Waals surface area contributed by atoms with Gasteiger partial charge in [-0.25, -0.2) is 9.97 Å². The highest BCUT2D eigenvalue weighted by Gasteiger charge is 2.22. The first-order chi connectivity index (χ1) is 9.74. The Morgan fingerprint density at radius 2 is 2.15 bits per heavy atom. The smallest absolute Gasteiger partial charge is 0.110 e. The monoisotopic (exact) mass is 266 g/mol. The van der Waals surface area contributed by atoms with Crippen LogP contribution in [0.5, 0.6) is 0 Å². The van der Waals surface area contributed by atoms with Crippen LogP contribution in [0.4, 0.5) is 0 Å². The number of pyridine rings is 1. The molecule has 0 saturated carbocycles. The van der Waals surface area contributed by atoms with E-state index in [1.54, 1.807) is 0 Å². The number of nitrogens with zero attached hydrogens (tertiary/aromatic N) is 4. The summed E-state index contributed by atoms with van der Waals surface area (Å²) in [6, 6.07) is 4.44. The molecular formula is C16H18N4. The van der Waals surface area contributed by atoms with Gasteiger partial charge in [0.15, 0.2) is 0 Å². The molecule has 102 valence electrons. The highest BCUT2D eigenvalue weighted by atomic mass is 15.1. The molecule has 1 atom stereocenters. The molecule has 0 fully saturated rings. The summed E-state index contributed by atoms with van der Waals surface area (Å²) in [6.45, 7) is 5.23. The third-order valence-corrected chi connectivity index (χ3v) is 4.42. The van der Waals surface area contributed by atoms with Gasteiger partial charge in [-0.15, -0.1) is 0 Å². The van der Waals surface area contributed by atoms with Gasteiger partial charge in [0, 0.05) is 30.6 Å². The topological polar surface area (TPSA) is 35.1 Å². The zero-order chi connectivity index (χ0) is 13.7. The van der Waals surface area contributed by atoms with Crippen molar-refractivity contribution in [2.24, 2.45) is 0 Å². The number of aryl methyl sites for hydroxylation is 3. The standard InChI is InChI=1S/C16H18N4/c1-11-15-6-5-13(9-20(15)12(2)18-11)14-4-3-7-19-10-17-8-16(14)19/h5-6,8-10,14H,3-4,7H2,1-2H3. The fourth-order valence-electron chi connectivity index (χ4n) is 3.40. The molecule has 3 aromatic rings. The number of imidazole rings is 2. The molecule has 0 bridgehead atoms. The van der Waals surface area contributed by atoms with Gasteiger partial charge in [0.1, 0.15) is 5.82 Å². The van der Waals surface area contributed by atoms with Crippen LogP contribution in [0.2, 0.25) is 0 Å². The van der Waals surface area contributed by atoms with Crippen LogP contribution in [0.25, 0.3) is 5.52 Å². The largest absolute Gasteiger partial charge is 0.334 e. The second-order valence-corrected chi connectivity index (χ2v) is 5.67. The Bertz CT molecular complexity index is 781. The van der Waals surface area contributed by atoms with Gasteiger partial charge in [-0.3, -0.25) is 0 Å². The maximum Gasteiger partial charge on any atom is 0.110 e. The van der Waals surface area contributed by atoms with Gasteiger partial charge in [-0.2, -0.15) is 0 Å². The molecule has 0 aromatic carbocycles. The molecule has 4 nitrogen and oxygen atoms in total. The van der Waals surface area contributed by atoms with E-state index in [1.807, 2.05) is 12.5 Å². The fraction of sp³-hybridized carbons (Fsp3) is 0.375. The molecule has 1 aliphatic rings. The van der Waals surface area contributed by atoms with Crippen molar-refractivity contribution in [1.82, 2.24) is 18.9 Å². The molecule has 0 saturated heterocycles. The summed E-state index contributed by atoms with van der Waals surface area (Å²) in [5, 5.41) is 0. The zero-order valence-electron chi connectivity index (χ0n) is 11.9. The fourth-order valence-corrected chi connectivity index (χ4v) is 3.40. The van der Waals surface area contributed by atoms with Crippen LogP contribution in [-0.4, -0.2) is 18.9 Å². The Morgan fingerprint density at radius 3 is 3.05 bits per heavy atom. The van der Waals surface area contributed by atoms with Crippen LogP contribution in [0.3, 0.4) is 0 Å². The third-order valence-electron chi connectivity index (χ3n) is 4.42. The predicted molar refractivity (Wildman–Crippen MR) is 78.0 cm³/mol. The minimum atomic E-state index is 0.456. The van der Waals surface area contributed by atoms with Gasteiger partial charge in [-0.05, 0) is 38.3 Å². The molecule has 1 unspecified atom stereocenters. The molecule has 3 aromatic heterocycles. The molecule has 0 radical (unpaired) electrons. The van der Waals surface area contributed by atoms with E-state index >= 15 is 0 Å². The normalized spacial score (nSPS) is 18.4. The van der Waals surface area contributed by atoms with Crippen LogP contribution in [0.15, 0.2) is 30.9 Å². The summed E-state index contributed by atoms with van der Waals surface area (Å²) in [5.74, 6) is 1.52. The molecule has 0 aliphatic carbocycles. The van der Waals surface area contributed by atoms with E-state index in [-0.39, 0.29) is 0 Å². The van der Waals surface area contributed by atoms with Crippen LogP contribution in [-0.2, 0) is 6.54 Å². The van der Waals surface area contributed by atoms with Crippen molar-refractivity contribution in [1.29, 1.82) is 0 Å². The van der Waals surface area contributed by atoms with Crippen molar-refractivity contribution >= 4 is 5.52 Å². The number of fused-ring (bicyclic) bond motifs is 2. The van der Waals surface area contributed by atoms with Gasteiger partial charge in [0.2, 0.25) is 0 Å². The average Bonchev–Trinajstić information content (AvgIpc) is 3.04. The quantitative estimate of drug-likeness (QED) is 0.678. The first-order valence-electron chi connectivity index (χ1n) is 7.19. The van der Waals surface area contributed by atoms with Crippen molar-refractivity contribution in [2.75, 3.05) is 0 Å². The Balaban J connectivity index is 1.86. The lowest BCUT2D eigenvalue weighted by atomic mass is 9.90. The summed E-state index contributed by atoms with van der Waals surface area (Å²) in [6.07, 6.45) is 8.63. The molecule has 20 heavy (non-hydrogen) atoms. The number of rotatable bonds is 1. The minimum absolute atomic E-state index is 0.456. The van der Waals surface area contributed by atoms with E-state index < -0.39 is 0 Å². The number of hydrogen-bond donors (Lipinski definition) is 0. The van der Waals surface area contributed by atoms with Gasteiger partial charge in [0.05, 0.1) is 17.5 Å². The summed E-state index contributed by atoms with van der Waals surface area (Å²) in [4.78, 5) is 8.86. The van der Waals surface area contributed by atoms with E-state index in [1.165, 1.54) is 29.6 Å².